The number of imidazole rings is 1. The average Bonchev–Trinajstić information content (AvgIpc) is 2.78. The van der Waals surface area contributed by atoms with Crippen LogP contribution in [0.15, 0.2) is 35.1 Å². The van der Waals surface area contributed by atoms with Crippen LogP contribution in [0.5, 0.6) is 5.75 Å². The summed E-state index contributed by atoms with van der Waals surface area (Å²) in [5, 5.41) is 0. The van der Waals surface area contributed by atoms with Gasteiger partial charge in [-0.25, -0.2) is 9.37 Å². The van der Waals surface area contributed by atoms with Crippen molar-refractivity contribution in [2.45, 2.75) is 20.1 Å². The van der Waals surface area contributed by atoms with Crippen molar-refractivity contribution in [1.29, 1.82) is 0 Å². The van der Waals surface area contributed by atoms with Gasteiger partial charge in [0.1, 0.15) is 24.0 Å². The molecule has 0 aliphatic heterocycles. The Morgan fingerprint density at radius 1 is 1.47 bits per heavy atom. The third-order valence-corrected chi connectivity index (χ3v) is 3.04. The number of nitrogens with zero attached hydrogens (tertiary/aromatic N) is 2. The largest absolute Gasteiger partial charge is 0.486 e. The Kier molecular flexibility index (Phi) is 3.78. The summed E-state index contributed by atoms with van der Waals surface area (Å²) in [5.41, 5.74) is 0. The lowest BCUT2D eigenvalue weighted by molar-refractivity contribution is 0.288. The number of aromatic nitrogens is 2. The Morgan fingerprint density at radius 2 is 2.29 bits per heavy atom. The van der Waals surface area contributed by atoms with Gasteiger partial charge in [-0.2, -0.15) is 0 Å². The number of hydrogen-bond acceptors (Lipinski definition) is 2. The van der Waals surface area contributed by atoms with Crippen LogP contribution in [0, 0.1) is 5.82 Å². The molecule has 0 radical (unpaired) electrons. The van der Waals surface area contributed by atoms with E-state index in [1.54, 1.807) is 18.3 Å². The second-order valence-corrected chi connectivity index (χ2v) is 4.35. The molecule has 1 aromatic heterocycles. The molecule has 0 fully saturated rings. The fourth-order valence-corrected chi connectivity index (χ4v) is 1.73. The van der Waals surface area contributed by atoms with E-state index in [9.17, 15) is 4.39 Å². The predicted octanol–water partition coefficient (Wildman–Crippen LogP) is 3.38. The Morgan fingerprint density at radius 3 is 3.00 bits per heavy atom. The number of ether oxygens (including phenoxy) is 1. The summed E-state index contributed by atoms with van der Waals surface area (Å²) >= 11 is 3.09. The van der Waals surface area contributed by atoms with E-state index in [2.05, 4.69) is 20.9 Å². The van der Waals surface area contributed by atoms with Crippen molar-refractivity contribution < 1.29 is 9.13 Å². The van der Waals surface area contributed by atoms with Gasteiger partial charge in [-0.15, -0.1) is 0 Å². The Hall–Kier alpha value is -1.36. The summed E-state index contributed by atoms with van der Waals surface area (Å²) in [6.07, 6.45) is 3.62. The maximum absolute atomic E-state index is 13.2. The molecule has 0 bridgehead atoms. The Labute approximate surface area is 107 Å². The van der Waals surface area contributed by atoms with E-state index in [0.29, 0.717) is 16.8 Å². The van der Waals surface area contributed by atoms with Crippen LogP contribution in [0.4, 0.5) is 4.39 Å². The number of rotatable bonds is 4. The lowest BCUT2D eigenvalue weighted by Crippen LogP contribution is -2.05. The first kappa shape index (κ1) is 12.1. The van der Waals surface area contributed by atoms with Crippen molar-refractivity contribution in [3.8, 4) is 5.75 Å². The van der Waals surface area contributed by atoms with E-state index < -0.39 is 0 Å². The summed E-state index contributed by atoms with van der Waals surface area (Å²) in [4.78, 5) is 4.18. The molecule has 90 valence electrons. The zero-order valence-electron chi connectivity index (χ0n) is 9.36. The van der Waals surface area contributed by atoms with Crippen molar-refractivity contribution in [3.63, 3.8) is 0 Å². The van der Waals surface area contributed by atoms with Crippen LogP contribution < -0.4 is 4.74 Å². The molecule has 0 saturated heterocycles. The number of benzene rings is 1. The smallest absolute Gasteiger partial charge is 0.146 e. The summed E-state index contributed by atoms with van der Waals surface area (Å²) in [6, 6.07) is 4.69. The standard InChI is InChI=1S/C12H12BrFN2O/c1-2-16-6-5-15-12(16)8-17-9-3-4-10(13)11(14)7-9/h3-7H,2,8H2,1H3. The lowest BCUT2D eigenvalue weighted by Gasteiger charge is -2.08. The molecule has 0 amide bonds. The second kappa shape index (κ2) is 5.31. The zero-order chi connectivity index (χ0) is 12.3. The molecule has 1 heterocycles. The third-order valence-electron chi connectivity index (χ3n) is 2.40. The van der Waals surface area contributed by atoms with Gasteiger partial charge in [0.2, 0.25) is 0 Å². The first-order valence-corrected chi connectivity index (χ1v) is 6.08. The number of halogens is 2. The molecular weight excluding hydrogens is 287 g/mol. The average molecular weight is 299 g/mol. The van der Waals surface area contributed by atoms with E-state index in [4.69, 9.17) is 4.74 Å². The molecule has 0 atom stereocenters. The van der Waals surface area contributed by atoms with E-state index in [-0.39, 0.29) is 5.82 Å². The van der Waals surface area contributed by atoms with Gasteiger partial charge < -0.3 is 9.30 Å². The fraction of sp³-hybridized carbons (Fsp3) is 0.250. The molecule has 0 N–H and O–H groups in total. The highest BCUT2D eigenvalue weighted by molar-refractivity contribution is 9.10. The van der Waals surface area contributed by atoms with Crippen LogP contribution in [-0.2, 0) is 13.2 Å². The van der Waals surface area contributed by atoms with Gasteiger partial charge in [0.15, 0.2) is 0 Å². The van der Waals surface area contributed by atoms with Crippen LogP contribution in [0.2, 0.25) is 0 Å². The SMILES string of the molecule is CCn1ccnc1COc1ccc(Br)c(F)c1. The number of aryl methyl sites for hydroxylation is 1. The van der Waals surface area contributed by atoms with Gasteiger partial charge in [-0.3, -0.25) is 0 Å². The highest BCUT2D eigenvalue weighted by Crippen LogP contribution is 2.21. The van der Waals surface area contributed by atoms with Crippen molar-refractivity contribution >= 4 is 15.9 Å². The van der Waals surface area contributed by atoms with Gasteiger partial charge in [-0.1, -0.05) is 0 Å². The minimum absolute atomic E-state index is 0.332. The molecule has 0 unspecified atom stereocenters. The zero-order valence-corrected chi connectivity index (χ0v) is 10.9. The molecular formula is C12H12BrFN2O. The van der Waals surface area contributed by atoms with E-state index in [0.717, 1.165) is 12.4 Å². The summed E-state index contributed by atoms with van der Waals surface area (Å²) in [5.74, 6) is 0.994. The monoisotopic (exact) mass is 298 g/mol. The summed E-state index contributed by atoms with van der Waals surface area (Å²) < 4.78 is 21.1. The van der Waals surface area contributed by atoms with Gasteiger partial charge in [-0.05, 0) is 35.0 Å². The molecule has 5 heteroatoms. The molecule has 17 heavy (non-hydrogen) atoms. The van der Waals surface area contributed by atoms with Crippen molar-refractivity contribution in [2.75, 3.05) is 0 Å². The summed E-state index contributed by atoms with van der Waals surface area (Å²) in [7, 11) is 0. The molecule has 0 aliphatic carbocycles. The van der Waals surface area contributed by atoms with Crippen LogP contribution in [0.25, 0.3) is 0 Å². The molecule has 3 nitrogen and oxygen atoms in total. The van der Waals surface area contributed by atoms with Gasteiger partial charge in [0, 0.05) is 25.0 Å². The number of hydrogen-bond donors (Lipinski definition) is 0. The Balaban J connectivity index is 2.05. The van der Waals surface area contributed by atoms with Crippen molar-refractivity contribution in [3.05, 3.63) is 46.7 Å². The maximum atomic E-state index is 13.2. The second-order valence-electron chi connectivity index (χ2n) is 3.49. The predicted molar refractivity (Wildman–Crippen MR) is 66.3 cm³/mol. The molecule has 0 aliphatic rings. The van der Waals surface area contributed by atoms with E-state index >= 15 is 0 Å². The highest BCUT2D eigenvalue weighted by Gasteiger charge is 2.04. The van der Waals surface area contributed by atoms with E-state index in [1.807, 2.05) is 17.7 Å². The van der Waals surface area contributed by atoms with Crippen LogP contribution in [0.1, 0.15) is 12.7 Å². The van der Waals surface area contributed by atoms with Gasteiger partial charge >= 0.3 is 0 Å². The normalized spacial score (nSPS) is 10.5. The molecule has 2 rings (SSSR count). The fourth-order valence-electron chi connectivity index (χ4n) is 1.48. The maximum Gasteiger partial charge on any atom is 0.146 e. The molecule has 2 aromatic rings. The third kappa shape index (κ3) is 2.85. The first-order chi connectivity index (χ1) is 8.20. The molecule has 1 aromatic carbocycles. The van der Waals surface area contributed by atoms with Crippen LogP contribution in [-0.4, -0.2) is 9.55 Å². The quantitative estimate of drug-likeness (QED) is 0.865. The van der Waals surface area contributed by atoms with Gasteiger partial charge in [0.05, 0.1) is 4.47 Å². The van der Waals surface area contributed by atoms with Crippen molar-refractivity contribution in [2.24, 2.45) is 0 Å². The van der Waals surface area contributed by atoms with Crippen LogP contribution in [0.3, 0.4) is 0 Å². The van der Waals surface area contributed by atoms with Gasteiger partial charge in [0.25, 0.3) is 0 Å². The Bertz CT molecular complexity index is 513. The van der Waals surface area contributed by atoms with Crippen molar-refractivity contribution in [1.82, 2.24) is 9.55 Å². The van der Waals surface area contributed by atoms with Crippen LogP contribution >= 0.6 is 15.9 Å². The minimum atomic E-state index is -0.332. The highest BCUT2D eigenvalue weighted by atomic mass is 79.9. The summed E-state index contributed by atoms with van der Waals surface area (Å²) in [6.45, 7) is 3.21. The molecule has 0 spiro atoms. The topological polar surface area (TPSA) is 27.1 Å². The van der Waals surface area contributed by atoms with E-state index in [1.165, 1.54) is 6.07 Å². The first-order valence-electron chi connectivity index (χ1n) is 5.28. The molecule has 0 saturated carbocycles. The lowest BCUT2D eigenvalue weighted by atomic mass is 10.3. The minimum Gasteiger partial charge on any atom is -0.486 e.